The average Bonchev–Trinajstić information content (AvgIpc) is 2.98. The zero-order chi connectivity index (χ0) is 18.3. The predicted octanol–water partition coefficient (Wildman–Crippen LogP) is 3.41. The number of aromatic nitrogens is 2. The summed E-state index contributed by atoms with van der Waals surface area (Å²) in [5, 5.41) is 3.26. The van der Waals surface area contributed by atoms with Crippen LogP contribution in [-0.2, 0) is 14.3 Å². The molecule has 0 spiro atoms. The minimum absolute atomic E-state index is 0.197. The van der Waals surface area contributed by atoms with Crippen LogP contribution in [0, 0.1) is 5.92 Å². The number of benzene rings is 2. The van der Waals surface area contributed by atoms with E-state index in [0.29, 0.717) is 11.0 Å². The lowest BCUT2D eigenvalue weighted by Gasteiger charge is -2.32. The van der Waals surface area contributed by atoms with E-state index < -0.39 is 23.8 Å². The summed E-state index contributed by atoms with van der Waals surface area (Å²) in [4.78, 5) is 29.8. The number of nitrogens with one attached hydrogen (secondary N) is 1. The maximum Gasteiger partial charge on any atom is 0.321 e. The van der Waals surface area contributed by atoms with E-state index in [-0.39, 0.29) is 6.61 Å². The molecule has 26 heavy (non-hydrogen) atoms. The summed E-state index contributed by atoms with van der Waals surface area (Å²) in [6, 6.07) is 14.1. The van der Waals surface area contributed by atoms with Gasteiger partial charge in [-0.25, -0.2) is 4.98 Å². The number of carbonyl (C=O) groups excluding carboxylic acids is 2. The number of ether oxygens (including phenoxy) is 1. The highest BCUT2D eigenvalue weighted by Gasteiger charge is 2.44. The molecule has 1 N–H and O–H groups in total. The lowest BCUT2D eigenvalue weighted by Crippen LogP contribution is -2.43. The molecule has 4 rings (SSSR count). The molecule has 0 bridgehead atoms. The molecule has 0 saturated heterocycles. The Hall–Kier alpha value is -2.86. The molecule has 0 aliphatic carbocycles. The number of halogens is 1. The maximum absolute atomic E-state index is 12.7. The highest BCUT2D eigenvalue weighted by Crippen LogP contribution is 2.39. The van der Waals surface area contributed by atoms with Gasteiger partial charge in [0.05, 0.1) is 23.7 Å². The van der Waals surface area contributed by atoms with Crippen LogP contribution in [0.2, 0.25) is 5.02 Å². The van der Waals surface area contributed by atoms with Gasteiger partial charge in [0.15, 0.2) is 5.92 Å². The summed E-state index contributed by atoms with van der Waals surface area (Å²) in [5.74, 6) is -1.63. The highest BCUT2D eigenvalue weighted by molar-refractivity contribution is 6.30. The summed E-state index contributed by atoms with van der Waals surface area (Å²) in [6.07, 6.45) is 0. The van der Waals surface area contributed by atoms with Gasteiger partial charge in [-0.15, -0.1) is 0 Å². The molecule has 7 heteroatoms. The smallest absolute Gasteiger partial charge is 0.321 e. The van der Waals surface area contributed by atoms with Gasteiger partial charge in [-0.3, -0.25) is 14.9 Å². The molecular weight excluding hydrogens is 354 g/mol. The van der Waals surface area contributed by atoms with Crippen molar-refractivity contribution in [3.63, 3.8) is 0 Å². The first-order valence-corrected chi connectivity index (χ1v) is 8.68. The fourth-order valence-corrected chi connectivity index (χ4v) is 3.59. The minimum atomic E-state index is -1.03. The van der Waals surface area contributed by atoms with E-state index in [1.54, 1.807) is 25.1 Å². The van der Waals surface area contributed by atoms with Crippen LogP contribution < -0.4 is 5.32 Å². The number of carbonyl (C=O) groups is 2. The Kier molecular flexibility index (Phi) is 4.12. The van der Waals surface area contributed by atoms with Crippen LogP contribution in [0.4, 0.5) is 5.95 Å². The Morgan fingerprint density at radius 1 is 1.27 bits per heavy atom. The quantitative estimate of drug-likeness (QED) is 0.567. The minimum Gasteiger partial charge on any atom is -0.465 e. The van der Waals surface area contributed by atoms with Crippen LogP contribution in [0.1, 0.15) is 18.5 Å². The summed E-state index contributed by atoms with van der Waals surface area (Å²) >= 11 is 6.17. The monoisotopic (exact) mass is 369 g/mol. The number of fused-ring (bicyclic) bond motifs is 3. The summed E-state index contributed by atoms with van der Waals surface area (Å²) < 4.78 is 7.04. The molecular formula is C19H16ClN3O3. The number of imidazole rings is 1. The first-order valence-electron chi connectivity index (χ1n) is 8.30. The standard InChI is InChI=1S/C19H16ClN3O3/c1-2-26-18(25)15-16(11-6-5-7-12(20)10-11)23-14-9-4-3-8-13(14)21-19(23)22-17(15)24/h3-10,15-16H,2H2,1H3,(H,21,22,24)/t15-,16+/m1/s1. The Labute approximate surface area is 154 Å². The molecule has 3 aromatic rings. The Morgan fingerprint density at radius 2 is 2.08 bits per heavy atom. The molecule has 1 amide bonds. The average molecular weight is 370 g/mol. The molecule has 2 atom stereocenters. The normalized spacial score (nSPS) is 19.1. The second-order valence-electron chi connectivity index (χ2n) is 6.01. The van der Waals surface area contributed by atoms with Crippen LogP contribution in [0.25, 0.3) is 11.0 Å². The second kappa shape index (κ2) is 6.46. The van der Waals surface area contributed by atoms with Crippen molar-refractivity contribution in [3.05, 3.63) is 59.1 Å². The van der Waals surface area contributed by atoms with Gasteiger partial charge in [-0.2, -0.15) is 0 Å². The van der Waals surface area contributed by atoms with Gasteiger partial charge in [0.1, 0.15) is 0 Å². The Morgan fingerprint density at radius 3 is 2.85 bits per heavy atom. The summed E-state index contributed by atoms with van der Waals surface area (Å²) in [7, 11) is 0. The number of para-hydroxylation sites is 2. The molecule has 132 valence electrons. The van der Waals surface area contributed by atoms with E-state index >= 15 is 0 Å². The maximum atomic E-state index is 12.7. The third-order valence-corrected chi connectivity index (χ3v) is 4.67. The van der Waals surface area contributed by atoms with Crippen LogP contribution in [-0.4, -0.2) is 28.0 Å². The zero-order valence-electron chi connectivity index (χ0n) is 14.0. The topological polar surface area (TPSA) is 73.2 Å². The van der Waals surface area contributed by atoms with Crippen LogP contribution in [0.15, 0.2) is 48.5 Å². The van der Waals surface area contributed by atoms with Gasteiger partial charge >= 0.3 is 5.97 Å². The van der Waals surface area contributed by atoms with E-state index in [0.717, 1.165) is 16.6 Å². The van der Waals surface area contributed by atoms with Gasteiger partial charge in [0, 0.05) is 5.02 Å². The molecule has 2 aromatic carbocycles. The zero-order valence-corrected chi connectivity index (χ0v) is 14.7. The van der Waals surface area contributed by atoms with Crippen LogP contribution in [0.3, 0.4) is 0 Å². The van der Waals surface area contributed by atoms with Crippen LogP contribution >= 0.6 is 11.6 Å². The first-order chi connectivity index (χ1) is 12.6. The molecule has 1 aromatic heterocycles. The largest absolute Gasteiger partial charge is 0.465 e. The van der Waals surface area contributed by atoms with Crippen molar-refractivity contribution in [2.75, 3.05) is 11.9 Å². The van der Waals surface area contributed by atoms with Crippen molar-refractivity contribution in [3.8, 4) is 0 Å². The molecule has 0 unspecified atom stereocenters. The van der Waals surface area contributed by atoms with Crippen molar-refractivity contribution in [2.45, 2.75) is 13.0 Å². The molecule has 2 heterocycles. The molecule has 0 radical (unpaired) electrons. The number of nitrogens with zero attached hydrogens (tertiary/aromatic N) is 2. The number of rotatable bonds is 3. The van der Waals surface area contributed by atoms with Gasteiger partial charge in [-0.1, -0.05) is 35.9 Å². The lowest BCUT2D eigenvalue weighted by molar-refractivity contribution is -0.152. The number of hydrogen-bond donors (Lipinski definition) is 1. The first kappa shape index (κ1) is 16.6. The Balaban J connectivity index is 1.97. The number of hydrogen-bond acceptors (Lipinski definition) is 4. The molecule has 1 aliphatic heterocycles. The third kappa shape index (κ3) is 2.63. The summed E-state index contributed by atoms with van der Waals surface area (Å²) in [5.41, 5.74) is 2.30. The highest BCUT2D eigenvalue weighted by atomic mass is 35.5. The summed E-state index contributed by atoms with van der Waals surface area (Å²) in [6.45, 7) is 1.91. The second-order valence-corrected chi connectivity index (χ2v) is 6.45. The van der Waals surface area contributed by atoms with Gasteiger partial charge < -0.3 is 9.30 Å². The van der Waals surface area contributed by atoms with Crippen molar-refractivity contribution in [2.24, 2.45) is 5.92 Å². The Bertz CT molecular complexity index is 1010. The van der Waals surface area contributed by atoms with Crippen molar-refractivity contribution >= 4 is 40.5 Å². The predicted molar refractivity (Wildman–Crippen MR) is 98.1 cm³/mol. The van der Waals surface area contributed by atoms with E-state index in [2.05, 4.69) is 10.3 Å². The van der Waals surface area contributed by atoms with Gasteiger partial charge in [0.2, 0.25) is 11.9 Å². The SMILES string of the molecule is CCOC(=O)[C@H]1C(=O)Nc2nc3ccccc3n2[C@H]1c1cccc(Cl)c1. The van der Waals surface area contributed by atoms with Crippen LogP contribution in [0.5, 0.6) is 0 Å². The van der Waals surface area contributed by atoms with E-state index in [1.807, 2.05) is 34.9 Å². The molecule has 0 fully saturated rings. The van der Waals surface area contributed by atoms with Gasteiger partial charge in [-0.05, 0) is 36.8 Å². The lowest BCUT2D eigenvalue weighted by atomic mass is 9.90. The fraction of sp³-hybridized carbons (Fsp3) is 0.211. The third-order valence-electron chi connectivity index (χ3n) is 4.44. The van der Waals surface area contributed by atoms with E-state index in [1.165, 1.54) is 0 Å². The van der Waals surface area contributed by atoms with Gasteiger partial charge in [0.25, 0.3) is 0 Å². The van der Waals surface area contributed by atoms with E-state index in [4.69, 9.17) is 16.3 Å². The van der Waals surface area contributed by atoms with Crippen molar-refractivity contribution in [1.29, 1.82) is 0 Å². The van der Waals surface area contributed by atoms with Crippen molar-refractivity contribution < 1.29 is 14.3 Å². The number of anilines is 1. The molecule has 0 saturated carbocycles. The number of amides is 1. The number of esters is 1. The molecule has 6 nitrogen and oxygen atoms in total. The van der Waals surface area contributed by atoms with E-state index in [9.17, 15) is 9.59 Å². The molecule has 1 aliphatic rings. The fourth-order valence-electron chi connectivity index (χ4n) is 3.39. The van der Waals surface area contributed by atoms with Crippen molar-refractivity contribution in [1.82, 2.24) is 9.55 Å².